The van der Waals surface area contributed by atoms with Gasteiger partial charge in [-0.15, -0.1) is 0 Å². The van der Waals surface area contributed by atoms with Crippen molar-refractivity contribution in [2.45, 2.75) is 16.7 Å². The van der Waals surface area contributed by atoms with E-state index in [1.807, 2.05) is 12.1 Å². The summed E-state index contributed by atoms with van der Waals surface area (Å²) >= 11 is 1.63. The predicted octanol–water partition coefficient (Wildman–Crippen LogP) is 3.60. The number of nitrogen functional groups attached to an aromatic ring is 1. The highest BCUT2D eigenvalue weighted by Crippen LogP contribution is 2.29. The SMILES string of the molecule is Cc1ccc(Sc2ccc(N)c(C#N)c2)cc1. The lowest BCUT2D eigenvalue weighted by molar-refractivity contribution is 1.35. The van der Waals surface area contributed by atoms with E-state index < -0.39 is 0 Å². The Labute approximate surface area is 105 Å². The molecule has 0 aliphatic heterocycles. The maximum atomic E-state index is 8.91. The van der Waals surface area contributed by atoms with Gasteiger partial charge in [-0.1, -0.05) is 29.5 Å². The number of hydrogen-bond acceptors (Lipinski definition) is 3. The van der Waals surface area contributed by atoms with Crippen LogP contribution in [-0.4, -0.2) is 0 Å². The predicted molar refractivity (Wildman–Crippen MR) is 70.9 cm³/mol. The minimum Gasteiger partial charge on any atom is -0.398 e. The Bertz CT molecular complexity index is 568. The van der Waals surface area contributed by atoms with Crippen molar-refractivity contribution in [3.8, 4) is 6.07 Å². The van der Waals surface area contributed by atoms with Crippen molar-refractivity contribution in [2.75, 3.05) is 5.73 Å². The van der Waals surface area contributed by atoms with Gasteiger partial charge in [0.1, 0.15) is 6.07 Å². The van der Waals surface area contributed by atoms with Crippen LogP contribution in [0.15, 0.2) is 52.3 Å². The molecule has 0 aliphatic carbocycles. The van der Waals surface area contributed by atoms with Gasteiger partial charge in [0, 0.05) is 15.5 Å². The molecule has 0 saturated heterocycles. The molecule has 0 aromatic heterocycles. The van der Waals surface area contributed by atoms with Gasteiger partial charge in [0.15, 0.2) is 0 Å². The van der Waals surface area contributed by atoms with Crippen molar-refractivity contribution < 1.29 is 0 Å². The largest absolute Gasteiger partial charge is 0.398 e. The van der Waals surface area contributed by atoms with Gasteiger partial charge in [-0.3, -0.25) is 0 Å². The third-order valence-corrected chi connectivity index (χ3v) is 3.40. The minimum atomic E-state index is 0.528. The maximum Gasteiger partial charge on any atom is 0.101 e. The van der Waals surface area contributed by atoms with Crippen LogP contribution in [0.3, 0.4) is 0 Å². The number of aryl methyl sites for hydroxylation is 1. The van der Waals surface area contributed by atoms with Crippen molar-refractivity contribution >= 4 is 17.4 Å². The topological polar surface area (TPSA) is 49.8 Å². The van der Waals surface area contributed by atoms with Crippen molar-refractivity contribution in [1.29, 1.82) is 5.26 Å². The molecular formula is C14H12N2S. The smallest absolute Gasteiger partial charge is 0.101 e. The number of nitriles is 1. The lowest BCUT2D eigenvalue weighted by atomic mass is 10.2. The Morgan fingerprint density at radius 3 is 2.35 bits per heavy atom. The van der Waals surface area contributed by atoms with E-state index in [2.05, 4.69) is 37.3 Å². The fourth-order valence-electron chi connectivity index (χ4n) is 1.44. The summed E-state index contributed by atoms with van der Waals surface area (Å²) in [6.45, 7) is 2.06. The molecule has 0 heterocycles. The number of nitrogens with zero attached hydrogens (tertiary/aromatic N) is 1. The van der Waals surface area contributed by atoms with Gasteiger partial charge >= 0.3 is 0 Å². The summed E-state index contributed by atoms with van der Waals surface area (Å²) in [5.41, 5.74) is 7.98. The highest BCUT2D eigenvalue weighted by Gasteiger charge is 2.02. The molecule has 0 atom stereocenters. The van der Waals surface area contributed by atoms with E-state index in [0.29, 0.717) is 11.3 Å². The molecule has 3 heteroatoms. The zero-order chi connectivity index (χ0) is 12.3. The Hall–Kier alpha value is -1.92. The standard InChI is InChI=1S/C14H12N2S/c1-10-2-4-12(5-3-10)17-13-6-7-14(16)11(8-13)9-15/h2-8H,16H2,1H3. The summed E-state index contributed by atoms with van der Waals surface area (Å²) in [4.78, 5) is 2.18. The summed E-state index contributed by atoms with van der Waals surface area (Å²) in [5, 5.41) is 8.91. The van der Waals surface area contributed by atoms with E-state index in [-0.39, 0.29) is 0 Å². The van der Waals surface area contributed by atoms with Crippen LogP contribution >= 0.6 is 11.8 Å². The van der Waals surface area contributed by atoms with E-state index in [1.165, 1.54) is 5.56 Å². The number of hydrogen-bond donors (Lipinski definition) is 1. The molecule has 2 N–H and O–H groups in total. The fraction of sp³-hybridized carbons (Fsp3) is 0.0714. The zero-order valence-corrected chi connectivity index (χ0v) is 10.3. The average Bonchev–Trinajstić information content (AvgIpc) is 2.34. The average molecular weight is 240 g/mol. The van der Waals surface area contributed by atoms with Crippen LogP contribution < -0.4 is 5.73 Å². The van der Waals surface area contributed by atoms with Gasteiger partial charge in [0.05, 0.1) is 5.56 Å². The number of nitrogens with two attached hydrogens (primary N) is 1. The molecule has 2 aromatic rings. The second-order valence-corrected chi connectivity index (χ2v) is 4.92. The Morgan fingerprint density at radius 1 is 1.06 bits per heavy atom. The lowest BCUT2D eigenvalue weighted by Crippen LogP contribution is -1.89. The monoisotopic (exact) mass is 240 g/mol. The summed E-state index contributed by atoms with van der Waals surface area (Å²) in [5.74, 6) is 0. The molecule has 0 fully saturated rings. The van der Waals surface area contributed by atoms with Crippen molar-refractivity contribution in [3.05, 3.63) is 53.6 Å². The van der Waals surface area contributed by atoms with E-state index in [4.69, 9.17) is 11.0 Å². The van der Waals surface area contributed by atoms with Crippen LogP contribution in [0.25, 0.3) is 0 Å². The van der Waals surface area contributed by atoms with Gasteiger partial charge in [0.25, 0.3) is 0 Å². The Morgan fingerprint density at radius 2 is 1.71 bits per heavy atom. The number of rotatable bonds is 2. The number of benzene rings is 2. The van der Waals surface area contributed by atoms with E-state index in [1.54, 1.807) is 17.8 Å². The molecule has 0 radical (unpaired) electrons. The zero-order valence-electron chi connectivity index (χ0n) is 9.47. The van der Waals surface area contributed by atoms with Gasteiger partial charge < -0.3 is 5.73 Å². The third kappa shape index (κ3) is 2.80. The van der Waals surface area contributed by atoms with Crippen LogP contribution in [-0.2, 0) is 0 Å². The molecule has 0 spiro atoms. The molecule has 0 saturated carbocycles. The Kier molecular flexibility index (Phi) is 3.36. The van der Waals surface area contributed by atoms with E-state index in [0.717, 1.165) is 9.79 Å². The van der Waals surface area contributed by atoms with Gasteiger partial charge in [0.2, 0.25) is 0 Å². The summed E-state index contributed by atoms with van der Waals surface area (Å²) in [7, 11) is 0. The van der Waals surface area contributed by atoms with Crippen LogP contribution in [0, 0.1) is 18.3 Å². The van der Waals surface area contributed by atoms with Gasteiger partial charge in [-0.2, -0.15) is 5.26 Å². The molecule has 17 heavy (non-hydrogen) atoms. The molecule has 2 aromatic carbocycles. The van der Waals surface area contributed by atoms with Crippen molar-refractivity contribution in [2.24, 2.45) is 0 Å². The quantitative estimate of drug-likeness (QED) is 0.816. The molecule has 0 amide bonds. The first-order chi connectivity index (χ1) is 8.19. The van der Waals surface area contributed by atoms with Crippen LogP contribution in [0.1, 0.15) is 11.1 Å². The van der Waals surface area contributed by atoms with E-state index >= 15 is 0 Å². The van der Waals surface area contributed by atoms with Gasteiger partial charge in [-0.05, 0) is 37.3 Å². The number of anilines is 1. The lowest BCUT2D eigenvalue weighted by Gasteiger charge is -2.04. The van der Waals surface area contributed by atoms with E-state index in [9.17, 15) is 0 Å². The fourth-order valence-corrected chi connectivity index (χ4v) is 2.30. The second kappa shape index (κ2) is 4.94. The first kappa shape index (κ1) is 11.6. The highest BCUT2D eigenvalue weighted by atomic mass is 32.2. The molecule has 84 valence electrons. The van der Waals surface area contributed by atoms with Crippen LogP contribution in [0.2, 0.25) is 0 Å². The summed E-state index contributed by atoms with van der Waals surface area (Å²) in [6.07, 6.45) is 0. The molecule has 2 nitrogen and oxygen atoms in total. The van der Waals surface area contributed by atoms with Gasteiger partial charge in [-0.25, -0.2) is 0 Å². The molecule has 0 aliphatic rings. The first-order valence-corrected chi connectivity index (χ1v) is 6.05. The molecular weight excluding hydrogens is 228 g/mol. The molecule has 0 bridgehead atoms. The first-order valence-electron chi connectivity index (χ1n) is 5.23. The highest BCUT2D eigenvalue weighted by molar-refractivity contribution is 7.99. The second-order valence-electron chi connectivity index (χ2n) is 3.78. The molecule has 2 rings (SSSR count). The minimum absolute atomic E-state index is 0.528. The Balaban J connectivity index is 2.25. The van der Waals surface area contributed by atoms with Crippen molar-refractivity contribution in [1.82, 2.24) is 0 Å². The van der Waals surface area contributed by atoms with Crippen LogP contribution in [0.4, 0.5) is 5.69 Å². The summed E-state index contributed by atoms with van der Waals surface area (Å²) < 4.78 is 0. The van der Waals surface area contributed by atoms with Crippen molar-refractivity contribution in [3.63, 3.8) is 0 Å². The normalized spacial score (nSPS) is 9.88. The third-order valence-electron chi connectivity index (χ3n) is 2.40. The molecule has 0 unspecified atom stereocenters. The summed E-state index contributed by atoms with van der Waals surface area (Å²) in [6, 6.07) is 15.9. The maximum absolute atomic E-state index is 8.91. The van der Waals surface area contributed by atoms with Crippen LogP contribution in [0.5, 0.6) is 0 Å².